The summed E-state index contributed by atoms with van der Waals surface area (Å²) in [6, 6.07) is 0. The van der Waals surface area contributed by atoms with Gasteiger partial charge in [0.1, 0.15) is 0 Å². The van der Waals surface area contributed by atoms with Crippen LogP contribution in [0.3, 0.4) is 0 Å². The molecular formula is H4O7PV. The Labute approximate surface area is 54.6 Å². The first-order chi connectivity index (χ1) is 3.73. The summed E-state index contributed by atoms with van der Waals surface area (Å²) in [5.41, 5.74) is 0. The van der Waals surface area contributed by atoms with Crippen LogP contribution in [0.5, 0.6) is 0 Å². The fourth-order valence-electron chi connectivity index (χ4n) is 0. The summed E-state index contributed by atoms with van der Waals surface area (Å²) in [5, 5.41) is 0. The maximum atomic E-state index is 8.88. The maximum absolute atomic E-state index is 8.88. The molecule has 56 valence electrons. The monoisotopic (exact) mass is 198 g/mol. The van der Waals surface area contributed by atoms with Crippen LogP contribution in [0.25, 0.3) is 0 Å². The minimum atomic E-state index is -4.64. The molecule has 0 aromatic rings. The Morgan fingerprint density at radius 1 is 1.11 bits per heavy atom. The van der Waals surface area contributed by atoms with Crippen molar-refractivity contribution in [3.63, 3.8) is 0 Å². The predicted molar refractivity (Wildman–Crippen MR) is 17.9 cm³/mol. The average molecular weight is 198 g/mol. The standard InChI is InChI=1S/H3O4P.H2O.2O.V/c1-5(2,3)4;;;;/h(H3,1,2,3,4);1H2;;;/q;;;;+1/p-1. The fourth-order valence-corrected chi connectivity index (χ4v) is 0. The zero-order valence-corrected chi connectivity index (χ0v) is 6.20. The Bertz CT molecular complexity index is 143. The van der Waals surface area contributed by atoms with Crippen LogP contribution in [0.4, 0.5) is 0 Å². The molecule has 0 fully saturated rings. The number of phosphoric acid groups is 1. The molecule has 9 heteroatoms. The van der Waals surface area contributed by atoms with Gasteiger partial charge in [0.15, 0.2) is 0 Å². The summed E-state index contributed by atoms with van der Waals surface area (Å²) in [7, 11) is -4.64. The SMILES string of the molecule is O=P(O)(O)O.[O]=[V](=[O])[OH]. The zero-order chi connectivity index (χ0) is 8.08. The molecule has 0 aromatic carbocycles. The molecule has 0 amide bonds. The molecule has 9 heavy (non-hydrogen) atoms. The van der Waals surface area contributed by atoms with Gasteiger partial charge in [0.25, 0.3) is 0 Å². The normalized spacial score (nSPS) is 9.33. The molecule has 0 rings (SSSR count). The molecule has 0 atom stereocenters. The van der Waals surface area contributed by atoms with E-state index >= 15 is 0 Å². The van der Waals surface area contributed by atoms with Crippen LogP contribution in [0.15, 0.2) is 0 Å². The molecule has 0 aliphatic rings. The van der Waals surface area contributed by atoms with Crippen molar-refractivity contribution in [1.29, 1.82) is 0 Å². The molecule has 0 aromatic heterocycles. The van der Waals surface area contributed by atoms with Gasteiger partial charge in [-0.05, 0) is 0 Å². The van der Waals surface area contributed by atoms with Crippen LogP contribution in [-0.2, 0) is 27.3 Å². The zero-order valence-electron chi connectivity index (χ0n) is 3.91. The molecule has 0 unspecified atom stereocenters. The van der Waals surface area contributed by atoms with E-state index in [1.807, 2.05) is 0 Å². The third-order valence-corrected chi connectivity index (χ3v) is 0. The Morgan fingerprint density at radius 3 is 1.11 bits per heavy atom. The van der Waals surface area contributed by atoms with Crippen molar-refractivity contribution in [2.75, 3.05) is 0 Å². The molecule has 0 aliphatic heterocycles. The summed E-state index contributed by atoms with van der Waals surface area (Å²) >= 11 is -3.69. The van der Waals surface area contributed by atoms with E-state index in [0.717, 1.165) is 0 Å². The predicted octanol–water partition coefficient (Wildman–Crippen LogP) is -1.73. The first-order valence-electron chi connectivity index (χ1n) is 1.35. The van der Waals surface area contributed by atoms with Gasteiger partial charge in [0.05, 0.1) is 0 Å². The van der Waals surface area contributed by atoms with Crippen LogP contribution in [-0.4, -0.2) is 18.7 Å². The van der Waals surface area contributed by atoms with Crippen LogP contribution >= 0.6 is 7.82 Å². The second-order valence-electron chi connectivity index (χ2n) is 0.751. The number of hydrogen-bond donors (Lipinski definition) is 4. The van der Waals surface area contributed by atoms with Gasteiger partial charge >= 0.3 is 34.6 Å². The van der Waals surface area contributed by atoms with Crippen molar-refractivity contribution < 1.29 is 46.0 Å². The van der Waals surface area contributed by atoms with Crippen LogP contribution in [0, 0.1) is 0 Å². The van der Waals surface area contributed by atoms with Gasteiger partial charge in [-0.15, -0.1) is 0 Å². The molecule has 4 N–H and O–H groups in total. The third-order valence-electron chi connectivity index (χ3n) is 0. The quantitative estimate of drug-likeness (QED) is 0.340. The molecular weight excluding hydrogens is 194 g/mol. The molecule has 0 radical (unpaired) electrons. The summed E-state index contributed by atoms with van der Waals surface area (Å²) in [6.07, 6.45) is 0. The van der Waals surface area contributed by atoms with E-state index in [-0.39, 0.29) is 0 Å². The van der Waals surface area contributed by atoms with Crippen LogP contribution in [0.2, 0.25) is 0 Å². The Kier molecular flexibility index (Phi) is 6.75. The van der Waals surface area contributed by atoms with Gasteiger partial charge < -0.3 is 14.7 Å². The van der Waals surface area contributed by atoms with Crippen molar-refractivity contribution in [3.8, 4) is 0 Å². The Hall–Kier alpha value is 0.254. The van der Waals surface area contributed by atoms with E-state index in [4.69, 9.17) is 30.6 Å². The Balaban J connectivity index is 0. The third kappa shape index (κ3) is 4990. The van der Waals surface area contributed by atoms with E-state index < -0.39 is 23.2 Å². The first kappa shape index (κ1) is 12.0. The number of rotatable bonds is 0. The van der Waals surface area contributed by atoms with Gasteiger partial charge in [0.2, 0.25) is 0 Å². The fraction of sp³-hybridized carbons (Fsp3) is 0. The van der Waals surface area contributed by atoms with Gasteiger partial charge in [-0.1, -0.05) is 0 Å². The molecule has 0 spiro atoms. The van der Waals surface area contributed by atoms with Crippen molar-refractivity contribution in [3.05, 3.63) is 0 Å². The summed E-state index contributed by atoms with van der Waals surface area (Å²) in [4.78, 5) is 21.6. The van der Waals surface area contributed by atoms with E-state index in [1.54, 1.807) is 0 Å². The van der Waals surface area contributed by atoms with Gasteiger partial charge in [-0.3, -0.25) is 0 Å². The van der Waals surface area contributed by atoms with Gasteiger partial charge in [0, 0.05) is 0 Å². The van der Waals surface area contributed by atoms with E-state index in [9.17, 15) is 0 Å². The molecule has 7 nitrogen and oxygen atoms in total. The average Bonchev–Trinajstić information content (AvgIpc) is 1.19. The number of hydrogen-bond acceptors (Lipinski definition) is 3. The topological polar surface area (TPSA) is 132 Å². The van der Waals surface area contributed by atoms with Gasteiger partial charge in [-0.25, -0.2) is 4.57 Å². The van der Waals surface area contributed by atoms with Crippen molar-refractivity contribution in [1.82, 2.24) is 0 Å². The van der Waals surface area contributed by atoms with E-state index in [1.165, 1.54) is 0 Å². The second-order valence-corrected chi connectivity index (χ2v) is 2.52. The summed E-state index contributed by atoms with van der Waals surface area (Å²) < 4.78 is 33.3. The van der Waals surface area contributed by atoms with E-state index in [2.05, 4.69) is 0 Å². The van der Waals surface area contributed by atoms with Crippen molar-refractivity contribution >= 4 is 7.82 Å². The van der Waals surface area contributed by atoms with Gasteiger partial charge in [-0.2, -0.15) is 0 Å². The van der Waals surface area contributed by atoms with Crippen molar-refractivity contribution in [2.45, 2.75) is 0 Å². The van der Waals surface area contributed by atoms with Crippen molar-refractivity contribution in [2.24, 2.45) is 0 Å². The Morgan fingerprint density at radius 2 is 1.11 bits per heavy atom. The van der Waals surface area contributed by atoms with Crippen LogP contribution in [0.1, 0.15) is 0 Å². The molecule has 0 heterocycles. The van der Waals surface area contributed by atoms with E-state index in [0.29, 0.717) is 0 Å². The molecule has 0 bridgehead atoms. The molecule has 0 aliphatic carbocycles. The minimum absolute atomic E-state index is 3.69. The van der Waals surface area contributed by atoms with Crippen LogP contribution < -0.4 is 0 Å². The summed E-state index contributed by atoms with van der Waals surface area (Å²) in [6.45, 7) is 0. The first-order valence-corrected chi connectivity index (χ1v) is 4.68. The second kappa shape index (κ2) is 5.07. The molecule has 0 saturated carbocycles. The summed E-state index contributed by atoms with van der Waals surface area (Å²) in [5.74, 6) is 0. The molecule has 0 saturated heterocycles.